The van der Waals surface area contributed by atoms with Crippen LogP contribution in [0.4, 0.5) is 11.4 Å². The number of nitrogens with one attached hydrogen (secondary N) is 1. The molecule has 0 saturated heterocycles. The van der Waals surface area contributed by atoms with Crippen LogP contribution in [0.3, 0.4) is 0 Å². The van der Waals surface area contributed by atoms with Gasteiger partial charge in [-0.3, -0.25) is 9.36 Å². The fourth-order valence-electron chi connectivity index (χ4n) is 3.37. The van der Waals surface area contributed by atoms with Gasteiger partial charge in [-0.25, -0.2) is 15.0 Å². The van der Waals surface area contributed by atoms with Gasteiger partial charge in [-0.05, 0) is 66.2 Å². The van der Waals surface area contributed by atoms with E-state index >= 15 is 0 Å². The molecule has 33 heavy (non-hydrogen) atoms. The lowest BCUT2D eigenvalue weighted by Gasteiger charge is -2.05. The van der Waals surface area contributed by atoms with Gasteiger partial charge in [0.05, 0.1) is 5.52 Å². The maximum atomic E-state index is 12.3. The predicted molar refractivity (Wildman–Crippen MR) is 126 cm³/mol. The van der Waals surface area contributed by atoms with Crippen LogP contribution >= 0.6 is 0 Å². The number of aromatic nitrogens is 5. The molecular weight excluding hydrogens is 418 g/mol. The molecule has 0 aliphatic rings. The molecule has 0 bridgehead atoms. The third-order valence-electron chi connectivity index (χ3n) is 5.03. The predicted octanol–water partition coefficient (Wildman–Crippen LogP) is 3.76. The van der Waals surface area contributed by atoms with E-state index in [2.05, 4.69) is 20.3 Å². The number of hydrogen-bond acceptors (Lipinski definition) is 6. The number of carbonyl (C=O) groups excluding carboxylic acids is 1. The normalized spacial score (nSPS) is 11.3. The lowest BCUT2D eigenvalue weighted by Crippen LogP contribution is -2.07. The molecule has 9 nitrogen and oxygen atoms in total. The molecule has 5 rings (SSSR count). The van der Waals surface area contributed by atoms with E-state index in [9.17, 15) is 10.0 Å². The summed E-state index contributed by atoms with van der Waals surface area (Å²) in [4.78, 5) is 25.1. The van der Waals surface area contributed by atoms with E-state index < -0.39 is 0 Å². The van der Waals surface area contributed by atoms with Crippen LogP contribution in [0.25, 0.3) is 34.3 Å². The summed E-state index contributed by atoms with van der Waals surface area (Å²) in [6.45, 7) is 0. The number of fused-ring (bicyclic) bond motifs is 1. The maximum Gasteiger partial charge on any atom is 0.248 e. The summed E-state index contributed by atoms with van der Waals surface area (Å²) < 4.78 is 2.80. The minimum atomic E-state index is -0.272. The summed E-state index contributed by atoms with van der Waals surface area (Å²) in [7, 11) is 0. The van der Waals surface area contributed by atoms with Gasteiger partial charge in [0.2, 0.25) is 5.91 Å². The summed E-state index contributed by atoms with van der Waals surface area (Å²) in [6.07, 6.45) is 9.98. The second-order valence-corrected chi connectivity index (χ2v) is 7.31. The van der Waals surface area contributed by atoms with Gasteiger partial charge in [0.1, 0.15) is 17.7 Å². The van der Waals surface area contributed by atoms with Gasteiger partial charge in [-0.1, -0.05) is 0 Å². The zero-order valence-electron chi connectivity index (χ0n) is 17.3. The fourth-order valence-corrected chi connectivity index (χ4v) is 3.37. The Hall–Kier alpha value is -4.92. The number of nitrogens with two attached hydrogens (primary N) is 1. The van der Waals surface area contributed by atoms with E-state index in [1.54, 1.807) is 71.8 Å². The highest BCUT2D eigenvalue weighted by Crippen LogP contribution is 2.26. The second-order valence-electron chi connectivity index (χ2n) is 7.31. The topological polar surface area (TPSA) is 124 Å². The van der Waals surface area contributed by atoms with Crippen LogP contribution in [-0.2, 0) is 4.79 Å². The number of hydrogen-bond donors (Lipinski definition) is 3. The van der Waals surface area contributed by atoms with Gasteiger partial charge in [-0.2, -0.15) is 4.73 Å². The van der Waals surface area contributed by atoms with Crippen LogP contribution in [0.2, 0.25) is 0 Å². The van der Waals surface area contributed by atoms with Crippen molar-refractivity contribution >= 4 is 34.4 Å². The Labute approximate surface area is 188 Å². The first-order valence-corrected chi connectivity index (χ1v) is 10.1. The van der Waals surface area contributed by atoms with Crippen molar-refractivity contribution < 1.29 is 10.0 Å². The van der Waals surface area contributed by atoms with Crippen LogP contribution in [-0.4, -0.2) is 35.4 Å². The molecule has 0 aliphatic heterocycles. The van der Waals surface area contributed by atoms with Gasteiger partial charge < -0.3 is 16.3 Å². The zero-order valence-corrected chi connectivity index (χ0v) is 17.3. The average molecular weight is 437 g/mol. The van der Waals surface area contributed by atoms with E-state index in [1.165, 1.54) is 6.08 Å². The number of pyridine rings is 1. The van der Waals surface area contributed by atoms with Crippen molar-refractivity contribution in [2.75, 3.05) is 11.1 Å². The highest BCUT2D eigenvalue weighted by atomic mass is 16.5. The Morgan fingerprint density at radius 2 is 1.94 bits per heavy atom. The highest BCUT2D eigenvalue weighted by Gasteiger charge is 2.12. The third-order valence-corrected chi connectivity index (χ3v) is 5.03. The summed E-state index contributed by atoms with van der Waals surface area (Å²) in [5, 5.41) is 13.2. The van der Waals surface area contributed by atoms with E-state index in [4.69, 9.17) is 5.73 Å². The van der Waals surface area contributed by atoms with E-state index in [-0.39, 0.29) is 5.91 Å². The Balaban J connectivity index is 1.26. The lowest BCUT2D eigenvalue weighted by atomic mass is 10.2. The summed E-state index contributed by atoms with van der Waals surface area (Å²) in [5.41, 5.74) is 9.61. The smallest absolute Gasteiger partial charge is 0.248 e. The van der Waals surface area contributed by atoms with Crippen molar-refractivity contribution in [2.45, 2.75) is 0 Å². The van der Waals surface area contributed by atoms with Crippen molar-refractivity contribution in [1.29, 1.82) is 0 Å². The number of imidazole rings is 2. The maximum absolute atomic E-state index is 12.3. The molecule has 0 atom stereocenters. The molecule has 3 heterocycles. The summed E-state index contributed by atoms with van der Waals surface area (Å²) in [6, 6.07) is 15.9. The standard InChI is InChI=1S/C24H19N7O2/c25-18-5-8-20-21(13-18)31(33)24(29-20)17-3-6-19(7-4-17)28-23(32)10-2-16-1-9-22(27-14-16)30-12-11-26-15-30/h1-15,33H,25H2,(H,28,32)/b10-2+. The number of anilines is 2. The highest BCUT2D eigenvalue weighted by molar-refractivity contribution is 6.02. The molecule has 3 aromatic heterocycles. The van der Waals surface area contributed by atoms with Gasteiger partial charge in [0.15, 0.2) is 5.82 Å². The monoisotopic (exact) mass is 437 g/mol. The van der Waals surface area contributed by atoms with Crippen molar-refractivity contribution in [3.8, 4) is 17.2 Å². The largest absolute Gasteiger partial charge is 0.426 e. The molecule has 0 fully saturated rings. The molecule has 0 saturated carbocycles. The number of carbonyl (C=O) groups is 1. The average Bonchev–Trinajstić information content (AvgIpc) is 3.48. The molecule has 4 N–H and O–H groups in total. The molecule has 0 unspecified atom stereocenters. The first-order valence-electron chi connectivity index (χ1n) is 10.1. The fraction of sp³-hybridized carbons (Fsp3) is 0. The number of benzene rings is 2. The van der Waals surface area contributed by atoms with Crippen LogP contribution in [0.15, 0.2) is 85.6 Å². The molecule has 162 valence electrons. The molecule has 2 aromatic carbocycles. The van der Waals surface area contributed by atoms with Gasteiger partial charge in [0.25, 0.3) is 0 Å². The molecule has 9 heteroatoms. The second kappa shape index (κ2) is 8.31. The quantitative estimate of drug-likeness (QED) is 0.219. The van der Waals surface area contributed by atoms with Crippen LogP contribution < -0.4 is 11.1 Å². The van der Waals surface area contributed by atoms with Gasteiger partial charge in [0, 0.05) is 41.6 Å². The Bertz CT molecular complexity index is 1450. The first-order chi connectivity index (χ1) is 16.1. The van der Waals surface area contributed by atoms with Crippen molar-refractivity contribution in [2.24, 2.45) is 0 Å². The lowest BCUT2D eigenvalue weighted by molar-refractivity contribution is -0.111. The summed E-state index contributed by atoms with van der Waals surface area (Å²) >= 11 is 0. The van der Waals surface area contributed by atoms with E-state index in [0.29, 0.717) is 33.8 Å². The van der Waals surface area contributed by atoms with Gasteiger partial charge >= 0.3 is 0 Å². The van der Waals surface area contributed by atoms with E-state index in [1.807, 2.05) is 18.3 Å². The van der Waals surface area contributed by atoms with Crippen molar-refractivity contribution in [1.82, 2.24) is 24.2 Å². The number of rotatable bonds is 5. The number of amides is 1. The van der Waals surface area contributed by atoms with Crippen molar-refractivity contribution in [3.63, 3.8) is 0 Å². The molecule has 0 spiro atoms. The van der Waals surface area contributed by atoms with Crippen LogP contribution in [0.5, 0.6) is 0 Å². The summed E-state index contributed by atoms with van der Waals surface area (Å²) in [5.74, 6) is 0.861. The Kier molecular flexibility index (Phi) is 5.04. The minimum Gasteiger partial charge on any atom is -0.426 e. The Morgan fingerprint density at radius 1 is 1.09 bits per heavy atom. The Morgan fingerprint density at radius 3 is 2.67 bits per heavy atom. The first kappa shape index (κ1) is 20.0. The third kappa shape index (κ3) is 4.15. The molecular formula is C24H19N7O2. The van der Waals surface area contributed by atoms with E-state index in [0.717, 1.165) is 16.1 Å². The number of nitrogens with zero attached hydrogens (tertiary/aromatic N) is 5. The van der Waals surface area contributed by atoms with Gasteiger partial charge in [-0.15, -0.1) is 0 Å². The molecule has 0 radical (unpaired) electrons. The van der Waals surface area contributed by atoms with Crippen LogP contribution in [0, 0.1) is 0 Å². The SMILES string of the molecule is Nc1ccc2nc(-c3ccc(NC(=O)/C=C/c4ccc(-n5ccnc5)nc4)cc3)n(O)c2c1. The minimum absolute atomic E-state index is 0.272. The molecule has 0 aliphatic carbocycles. The zero-order chi connectivity index (χ0) is 22.8. The molecule has 5 aromatic rings. The molecule has 1 amide bonds. The van der Waals surface area contributed by atoms with Crippen LogP contribution in [0.1, 0.15) is 5.56 Å². The number of nitrogen functional groups attached to an aromatic ring is 1. The van der Waals surface area contributed by atoms with Crippen molar-refractivity contribution in [3.05, 3.63) is 91.2 Å².